The molecule has 0 aliphatic heterocycles. The number of nitrogens with zero attached hydrogens (tertiary/aromatic N) is 3. The van der Waals surface area contributed by atoms with Crippen molar-refractivity contribution < 1.29 is 9.53 Å². The van der Waals surface area contributed by atoms with Crippen LogP contribution in [0, 0.1) is 11.3 Å². The Labute approximate surface area is 167 Å². The maximum Gasteiger partial charge on any atom is 0.355 e. The van der Waals surface area contributed by atoms with E-state index in [4.69, 9.17) is 4.74 Å². The Bertz CT molecular complexity index is 1440. The Kier molecular flexibility index (Phi) is 3.85. The fourth-order valence-electron chi connectivity index (χ4n) is 4.06. The second kappa shape index (κ2) is 6.54. The summed E-state index contributed by atoms with van der Waals surface area (Å²) in [6.45, 7) is 0.686. The van der Waals surface area contributed by atoms with E-state index in [2.05, 4.69) is 34.9 Å². The topological polar surface area (TPSA) is 59.4 Å². The van der Waals surface area contributed by atoms with Crippen LogP contribution in [-0.4, -0.2) is 22.0 Å². The van der Waals surface area contributed by atoms with Gasteiger partial charge in [-0.05, 0) is 23.8 Å². The zero-order valence-corrected chi connectivity index (χ0v) is 15.8. The van der Waals surface area contributed by atoms with Crippen molar-refractivity contribution in [3.8, 4) is 6.07 Å². The standard InChI is InChI=1S/C24H17N3O2/c1-29-24(28)22-12-19-18-9-5-6-10-20(18)27(14-16-7-3-2-4-8-16)23(19)21-11-17(13-25)15-26(21)22/h2-12,15H,14H2,1H3. The molecule has 0 N–H and O–H groups in total. The summed E-state index contributed by atoms with van der Waals surface area (Å²) in [7, 11) is 1.37. The summed E-state index contributed by atoms with van der Waals surface area (Å²) in [5.41, 5.74) is 4.96. The summed E-state index contributed by atoms with van der Waals surface area (Å²) in [5.74, 6) is -0.433. The lowest BCUT2D eigenvalue weighted by molar-refractivity contribution is 0.0592. The maximum absolute atomic E-state index is 12.5. The first-order valence-corrected chi connectivity index (χ1v) is 9.29. The second-order valence-electron chi connectivity index (χ2n) is 6.97. The Balaban J connectivity index is 1.94. The number of methoxy groups -OCH3 is 1. The highest BCUT2D eigenvalue weighted by atomic mass is 16.5. The molecule has 5 aromatic rings. The second-order valence-corrected chi connectivity index (χ2v) is 6.97. The molecule has 0 spiro atoms. The zero-order chi connectivity index (χ0) is 20.0. The van der Waals surface area contributed by atoms with E-state index in [0.29, 0.717) is 17.8 Å². The molecular formula is C24H17N3O2. The van der Waals surface area contributed by atoms with E-state index in [1.165, 1.54) is 12.7 Å². The number of rotatable bonds is 3. The number of pyridine rings is 1. The Morgan fingerprint density at radius 3 is 2.52 bits per heavy atom. The van der Waals surface area contributed by atoms with Gasteiger partial charge in [-0.25, -0.2) is 4.79 Å². The van der Waals surface area contributed by atoms with Gasteiger partial charge >= 0.3 is 5.97 Å². The van der Waals surface area contributed by atoms with Crippen molar-refractivity contribution in [1.29, 1.82) is 5.26 Å². The number of benzene rings is 2. The summed E-state index contributed by atoms with van der Waals surface area (Å²) in [6.07, 6.45) is 1.69. The molecule has 29 heavy (non-hydrogen) atoms. The number of para-hydroxylation sites is 1. The predicted molar refractivity (Wildman–Crippen MR) is 112 cm³/mol. The van der Waals surface area contributed by atoms with Gasteiger partial charge < -0.3 is 13.7 Å². The van der Waals surface area contributed by atoms with E-state index in [9.17, 15) is 10.1 Å². The molecule has 0 unspecified atom stereocenters. The van der Waals surface area contributed by atoms with Gasteiger partial charge in [0.1, 0.15) is 11.8 Å². The van der Waals surface area contributed by atoms with Crippen molar-refractivity contribution in [1.82, 2.24) is 8.97 Å². The van der Waals surface area contributed by atoms with Crippen molar-refractivity contribution in [2.24, 2.45) is 0 Å². The van der Waals surface area contributed by atoms with E-state index < -0.39 is 5.97 Å². The average molecular weight is 379 g/mol. The highest BCUT2D eigenvalue weighted by Gasteiger charge is 2.20. The van der Waals surface area contributed by atoms with Crippen molar-refractivity contribution in [2.45, 2.75) is 6.54 Å². The smallest absolute Gasteiger partial charge is 0.355 e. The van der Waals surface area contributed by atoms with Crippen molar-refractivity contribution in [3.63, 3.8) is 0 Å². The molecule has 140 valence electrons. The van der Waals surface area contributed by atoms with Crippen LogP contribution in [0.1, 0.15) is 21.6 Å². The molecule has 0 amide bonds. The predicted octanol–water partition coefficient (Wildman–Crippen LogP) is 4.75. The number of hydrogen-bond donors (Lipinski definition) is 0. The molecule has 0 bridgehead atoms. The molecule has 5 heteroatoms. The van der Waals surface area contributed by atoms with Gasteiger partial charge in [0, 0.05) is 29.0 Å². The monoisotopic (exact) mass is 379 g/mol. The van der Waals surface area contributed by atoms with E-state index in [1.54, 1.807) is 10.6 Å². The first-order valence-electron chi connectivity index (χ1n) is 9.29. The van der Waals surface area contributed by atoms with Crippen LogP contribution in [0.5, 0.6) is 0 Å². The molecule has 3 aromatic heterocycles. The lowest BCUT2D eigenvalue weighted by atomic mass is 10.1. The highest BCUT2D eigenvalue weighted by Crippen LogP contribution is 2.34. The molecule has 0 saturated carbocycles. The van der Waals surface area contributed by atoms with E-state index in [0.717, 1.165) is 27.3 Å². The number of carbonyl (C=O) groups excluding carboxylic acids is 1. The third-order valence-electron chi connectivity index (χ3n) is 5.32. The SMILES string of the molecule is COC(=O)c1cc2c3ccccc3n(Cc3ccccc3)c2c2cc(C#N)cn12. The van der Waals surface area contributed by atoms with Crippen LogP contribution in [-0.2, 0) is 11.3 Å². The summed E-state index contributed by atoms with van der Waals surface area (Å²) in [4.78, 5) is 12.5. The van der Waals surface area contributed by atoms with Gasteiger partial charge in [-0.3, -0.25) is 0 Å². The minimum atomic E-state index is -0.433. The molecular weight excluding hydrogens is 362 g/mol. The first-order chi connectivity index (χ1) is 14.2. The molecule has 0 atom stereocenters. The Morgan fingerprint density at radius 1 is 1.00 bits per heavy atom. The first kappa shape index (κ1) is 17.1. The molecule has 0 fully saturated rings. The van der Waals surface area contributed by atoms with E-state index in [1.807, 2.05) is 42.5 Å². The Morgan fingerprint density at radius 2 is 1.76 bits per heavy atom. The van der Waals surface area contributed by atoms with Crippen LogP contribution < -0.4 is 0 Å². The van der Waals surface area contributed by atoms with Gasteiger partial charge in [-0.15, -0.1) is 0 Å². The number of carbonyl (C=O) groups is 1. The van der Waals surface area contributed by atoms with Gasteiger partial charge in [0.05, 0.1) is 23.7 Å². The molecule has 2 aromatic carbocycles. The Hall–Kier alpha value is -4.04. The largest absolute Gasteiger partial charge is 0.464 e. The highest BCUT2D eigenvalue weighted by molar-refractivity contribution is 6.14. The van der Waals surface area contributed by atoms with Gasteiger partial charge in [0.2, 0.25) is 0 Å². The van der Waals surface area contributed by atoms with E-state index in [-0.39, 0.29) is 0 Å². The molecule has 0 aliphatic rings. The fourth-order valence-corrected chi connectivity index (χ4v) is 4.06. The number of hydrogen-bond acceptors (Lipinski definition) is 3. The minimum absolute atomic E-state index is 0.402. The lowest BCUT2D eigenvalue weighted by Gasteiger charge is -2.11. The van der Waals surface area contributed by atoms with Crippen LogP contribution in [0.15, 0.2) is 72.9 Å². The van der Waals surface area contributed by atoms with Crippen molar-refractivity contribution >= 4 is 33.3 Å². The molecule has 0 saturated heterocycles. The lowest BCUT2D eigenvalue weighted by Crippen LogP contribution is -2.08. The number of fused-ring (bicyclic) bond motifs is 5. The molecule has 0 aliphatic carbocycles. The summed E-state index contributed by atoms with van der Waals surface area (Å²) in [5, 5.41) is 11.5. The average Bonchev–Trinajstić information content (AvgIpc) is 3.33. The number of nitriles is 1. The summed E-state index contributed by atoms with van der Waals surface area (Å²) >= 11 is 0. The van der Waals surface area contributed by atoms with Crippen LogP contribution >= 0.6 is 0 Å². The molecule has 5 nitrogen and oxygen atoms in total. The molecule has 5 rings (SSSR count). The van der Waals surface area contributed by atoms with Gasteiger partial charge in [-0.1, -0.05) is 48.5 Å². The van der Waals surface area contributed by atoms with Crippen molar-refractivity contribution in [3.05, 3.63) is 89.7 Å². The fraction of sp³-hybridized carbons (Fsp3) is 0.0833. The maximum atomic E-state index is 12.5. The quantitative estimate of drug-likeness (QED) is 0.425. The molecule has 0 radical (unpaired) electrons. The van der Waals surface area contributed by atoms with Gasteiger partial charge in [0.15, 0.2) is 0 Å². The van der Waals surface area contributed by atoms with Gasteiger partial charge in [-0.2, -0.15) is 5.26 Å². The molecule has 3 heterocycles. The summed E-state index contributed by atoms with van der Waals surface area (Å²) < 4.78 is 9.01. The third-order valence-corrected chi connectivity index (χ3v) is 5.32. The van der Waals surface area contributed by atoms with Crippen LogP contribution in [0.25, 0.3) is 27.3 Å². The van der Waals surface area contributed by atoms with Crippen LogP contribution in [0.4, 0.5) is 0 Å². The van der Waals surface area contributed by atoms with Gasteiger partial charge in [0.25, 0.3) is 0 Å². The van der Waals surface area contributed by atoms with E-state index >= 15 is 0 Å². The zero-order valence-electron chi connectivity index (χ0n) is 15.8. The number of aromatic nitrogens is 2. The normalized spacial score (nSPS) is 11.2. The van der Waals surface area contributed by atoms with Crippen LogP contribution in [0.3, 0.4) is 0 Å². The summed E-state index contributed by atoms with van der Waals surface area (Å²) in [6, 6.07) is 24.3. The number of ether oxygens (including phenoxy) is 1. The van der Waals surface area contributed by atoms with Crippen LogP contribution in [0.2, 0.25) is 0 Å². The van der Waals surface area contributed by atoms with Crippen molar-refractivity contribution in [2.75, 3.05) is 7.11 Å². The number of esters is 1. The minimum Gasteiger partial charge on any atom is -0.464 e. The third kappa shape index (κ3) is 2.58.